The summed E-state index contributed by atoms with van der Waals surface area (Å²) in [5, 5.41) is 6.92. The van der Waals surface area contributed by atoms with Crippen LogP contribution in [0.5, 0.6) is 0 Å². The molecule has 25 heavy (non-hydrogen) atoms. The van der Waals surface area contributed by atoms with Gasteiger partial charge in [-0.3, -0.25) is 9.89 Å². The van der Waals surface area contributed by atoms with E-state index in [1.54, 1.807) is 4.68 Å². The number of hydrogen-bond acceptors (Lipinski definition) is 2. The Balaban J connectivity index is 1.43. The van der Waals surface area contributed by atoms with Crippen molar-refractivity contribution in [3.05, 3.63) is 87.8 Å². The maximum absolute atomic E-state index is 12.8. The molecule has 1 aliphatic carbocycles. The molecule has 4 heteroatoms. The number of hydrogen-bond donors (Lipinski definition) is 2. The van der Waals surface area contributed by atoms with Gasteiger partial charge in [-0.05, 0) is 49.9 Å². The van der Waals surface area contributed by atoms with E-state index in [9.17, 15) is 4.79 Å². The van der Waals surface area contributed by atoms with Gasteiger partial charge in [0, 0.05) is 17.3 Å². The van der Waals surface area contributed by atoms with Crippen molar-refractivity contribution in [2.75, 3.05) is 6.54 Å². The van der Waals surface area contributed by atoms with E-state index in [0.29, 0.717) is 6.04 Å². The van der Waals surface area contributed by atoms with Crippen molar-refractivity contribution < 1.29 is 0 Å². The lowest BCUT2D eigenvalue weighted by molar-refractivity contribution is 0.458. The van der Waals surface area contributed by atoms with Crippen molar-refractivity contribution in [2.45, 2.75) is 31.7 Å². The molecule has 1 unspecified atom stereocenters. The molecule has 0 radical (unpaired) electrons. The fourth-order valence-corrected chi connectivity index (χ4v) is 3.60. The van der Waals surface area contributed by atoms with Crippen LogP contribution in [0.1, 0.15) is 23.2 Å². The maximum Gasteiger partial charge on any atom is 0.274 e. The molecule has 0 saturated carbocycles. The zero-order valence-electron chi connectivity index (χ0n) is 14.2. The number of aromatic nitrogens is 2. The highest BCUT2D eigenvalue weighted by Gasteiger charge is 2.24. The van der Waals surface area contributed by atoms with Gasteiger partial charge in [0.1, 0.15) is 0 Å². The van der Waals surface area contributed by atoms with Gasteiger partial charge in [-0.25, -0.2) is 4.68 Å². The first kappa shape index (κ1) is 15.9. The average molecular weight is 333 g/mol. The number of aromatic amines is 1. The van der Waals surface area contributed by atoms with E-state index in [1.165, 1.54) is 5.56 Å². The number of benzene rings is 2. The number of nitrogens with zero attached hydrogens (tertiary/aromatic N) is 1. The van der Waals surface area contributed by atoms with Gasteiger partial charge in [0.15, 0.2) is 0 Å². The predicted molar refractivity (Wildman–Crippen MR) is 100 cm³/mol. The van der Waals surface area contributed by atoms with Gasteiger partial charge < -0.3 is 5.32 Å². The third kappa shape index (κ3) is 3.44. The second kappa shape index (κ2) is 7.11. The molecule has 4 nitrogen and oxygen atoms in total. The monoisotopic (exact) mass is 333 g/mol. The molecule has 0 amide bonds. The van der Waals surface area contributed by atoms with E-state index in [1.807, 2.05) is 36.4 Å². The van der Waals surface area contributed by atoms with Crippen LogP contribution in [0.25, 0.3) is 5.69 Å². The molecule has 1 aliphatic rings. The van der Waals surface area contributed by atoms with Crippen molar-refractivity contribution in [2.24, 2.45) is 0 Å². The first-order valence-corrected chi connectivity index (χ1v) is 8.97. The van der Waals surface area contributed by atoms with E-state index in [4.69, 9.17) is 0 Å². The smallest absolute Gasteiger partial charge is 0.274 e. The van der Waals surface area contributed by atoms with E-state index < -0.39 is 0 Å². The lowest BCUT2D eigenvalue weighted by atomic mass is 9.93. The quantitative estimate of drug-likeness (QED) is 0.754. The molecule has 1 atom stereocenters. The fraction of sp³-hybridized carbons (Fsp3) is 0.286. The third-order valence-electron chi connectivity index (χ3n) is 4.97. The third-order valence-corrected chi connectivity index (χ3v) is 4.97. The second-order valence-corrected chi connectivity index (χ2v) is 6.67. The fourth-order valence-electron chi connectivity index (χ4n) is 3.60. The van der Waals surface area contributed by atoms with Gasteiger partial charge in [0.25, 0.3) is 5.56 Å². The molecular weight excluding hydrogens is 310 g/mol. The molecule has 4 rings (SSSR count). The SMILES string of the molecule is O=c1c2c([nH]n1-c1ccccc1)CCC(NCCc1ccccc1)C2. The van der Waals surface area contributed by atoms with Gasteiger partial charge in [0.2, 0.25) is 0 Å². The summed E-state index contributed by atoms with van der Waals surface area (Å²) in [5.74, 6) is 0. The van der Waals surface area contributed by atoms with Gasteiger partial charge in [-0.15, -0.1) is 0 Å². The zero-order chi connectivity index (χ0) is 17.1. The summed E-state index contributed by atoms with van der Waals surface area (Å²) in [7, 11) is 0. The molecule has 1 heterocycles. The van der Waals surface area contributed by atoms with Crippen molar-refractivity contribution >= 4 is 0 Å². The van der Waals surface area contributed by atoms with Crippen molar-refractivity contribution in [1.82, 2.24) is 15.1 Å². The highest BCUT2D eigenvalue weighted by Crippen LogP contribution is 2.18. The van der Waals surface area contributed by atoms with Crippen LogP contribution in [-0.4, -0.2) is 22.4 Å². The van der Waals surface area contributed by atoms with Gasteiger partial charge in [0.05, 0.1) is 5.69 Å². The number of nitrogens with one attached hydrogen (secondary N) is 2. The van der Waals surface area contributed by atoms with E-state index in [-0.39, 0.29) is 5.56 Å². The number of aryl methyl sites for hydroxylation is 1. The van der Waals surface area contributed by atoms with Crippen LogP contribution in [-0.2, 0) is 19.3 Å². The van der Waals surface area contributed by atoms with Crippen LogP contribution in [0.4, 0.5) is 0 Å². The Morgan fingerprint density at radius 2 is 1.76 bits per heavy atom. The molecule has 2 N–H and O–H groups in total. The van der Waals surface area contributed by atoms with Crippen LogP contribution in [0.3, 0.4) is 0 Å². The summed E-state index contributed by atoms with van der Waals surface area (Å²) < 4.78 is 1.68. The summed E-state index contributed by atoms with van der Waals surface area (Å²) in [4.78, 5) is 12.8. The first-order chi connectivity index (χ1) is 12.3. The summed E-state index contributed by atoms with van der Waals surface area (Å²) in [5.41, 5.74) is 4.37. The number of para-hydroxylation sites is 1. The average Bonchev–Trinajstić information content (AvgIpc) is 3.00. The molecule has 3 aromatic rings. The number of fused-ring (bicyclic) bond motifs is 1. The van der Waals surface area contributed by atoms with Gasteiger partial charge in [-0.1, -0.05) is 48.5 Å². The standard InChI is InChI=1S/C21H23N3O/c25-21-19-15-17(22-14-13-16-7-3-1-4-8-16)11-12-20(19)23-24(21)18-9-5-2-6-10-18/h1-10,17,22-23H,11-15H2. The molecule has 0 fully saturated rings. The summed E-state index contributed by atoms with van der Waals surface area (Å²) >= 11 is 0. The Labute approximate surface area is 147 Å². The van der Waals surface area contributed by atoms with Crippen LogP contribution < -0.4 is 10.9 Å². The highest BCUT2D eigenvalue weighted by atomic mass is 16.1. The zero-order valence-corrected chi connectivity index (χ0v) is 14.2. The van der Waals surface area contributed by atoms with Crippen molar-refractivity contribution in [3.63, 3.8) is 0 Å². The summed E-state index contributed by atoms with van der Waals surface area (Å²) in [6.45, 7) is 0.946. The van der Waals surface area contributed by atoms with Gasteiger partial charge in [-0.2, -0.15) is 0 Å². The molecular formula is C21H23N3O. The lowest BCUT2D eigenvalue weighted by Crippen LogP contribution is -2.37. The van der Waals surface area contributed by atoms with Crippen LogP contribution in [0.15, 0.2) is 65.5 Å². The number of H-pyrrole nitrogens is 1. The largest absolute Gasteiger partial charge is 0.313 e. The highest BCUT2D eigenvalue weighted by molar-refractivity contribution is 5.34. The van der Waals surface area contributed by atoms with Gasteiger partial charge >= 0.3 is 0 Å². The minimum Gasteiger partial charge on any atom is -0.313 e. The summed E-state index contributed by atoms with van der Waals surface area (Å²) in [6.07, 6.45) is 3.81. The Kier molecular flexibility index (Phi) is 4.53. The topological polar surface area (TPSA) is 49.8 Å². The molecule has 0 spiro atoms. The Morgan fingerprint density at radius 1 is 1.04 bits per heavy atom. The molecule has 0 aliphatic heterocycles. The second-order valence-electron chi connectivity index (χ2n) is 6.67. The van der Waals surface area contributed by atoms with Crippen LogP contribution in [0.2, 0.25) is 0 Å². The van der Waals surface area contributed by atoms with E-state index >= 15 is 0 Å². The number of rotatable bonds is 5. The van der Waals surface area contributed by atoms with E-state index in [0.717, 1.165) is 49.2 Å². The summed E-state index contributed by atoms with van der Waals surface area (Å²) in [6, 6.07) is 20.7. The Morgan fingerprint density at radius 3 is 2.52 bits per heavy atom. The maximum atomic E-state index is 12.8. The first-order valence-electron chi connectivity index (χ1n) is 8.97. The minimum atomic E-state index is 0.0933. The predicted octanol–water partition coefficient (Wildman–Crippen LogP) is 2.86. The van der Waals surface area contributed by atoms with E-state index in [2.05, 4.69) is 34.7 Å². The lowest BCUT2D eigenvalue weighted by Gasteiger charge is -2.22. The van der Waals surface area contributed by atoms with Crippen molar-refractivity contribution in [3.8, 4) is 5.69 Å². The molecule has 0 saturated heterocycles. The van der Waals surface area contributed by atoms with Crippen LogP contribution in [0, 0.1) is 0 Å². The minimum absolute atomic E-state index is 0.0933. The molecule has 2 aromatic carbocycles. The van der Waals surface area contributed by atoms with Crippen molar-refractivity contribution in [1.29, 1.82) is 0 Å². The Bertz CT molecular complexity index is 881. The van der Waals surface area contributed by atoms with Crippen LogP contribution >= 0.6 is 0 Å². The molecule has 128 valence electrons. The normalized spacial score (nSPS) is 16.6. The molecule has 0 bridgehead atoms. The molecule has 1 aromatic heterocycles. The Hall–Kier alpha value is -2.59.